The van der Waals surface area contributed by atoms with E-state index in [1.54, 1.807) is 7.11 Å². The van der Waals surface area contributed by atoms with Crippen molar-refractivity contribution in [3.8, 4) is 0 Å². The number of halogens is 1. The molecule has 9 heteroatoms. The van der Waals surface area contributed by atoms with Gasteiger partial charge in [0.2, 0.25) is 0 Å². The molecule has 7 nitrogen and oxygen atoms in total. The largest absolute Gasteiger partial charge is 0.383 e. The first-order valence-electron chi connectivity index (χ1n) is 9.86. The normalized spacial score (nSPS) is 15.7. The van der Waals surface area contributed by atoms with Gasteiger partial charge in [-0.1, -0.05) is 11.6 Å². The second-order valence-corrected chi connectivity index (χ2v) is 8.85. The highest BCUT2D eigenvalue weighted by Crippen LogP contribution is 2.31. The summed E-state index contributed by atoms with van der Waals surface area (Å²) in [6.07, 6.45) is 2.22. The van der Waals surface area contributed by atoms with Crippen LogP contribution in [0.4, 0.5) is 0 Å². The Kier molecular flexibility index (Phi) is 8.20. The number of hydrogen-bond donors (Lipinski definition) is 1. The second-order valence-electron chi connectivity index (χ2n) is 7.04. The average Bonchev–Trinajstić information content (AvgIpc) is 3.05. The lowest BCUT2D eigenvalue weighted by Crippen LogP contribution is -2.47. The monoisotopic (exact) mass is 436 g/mol. The second kappa shape index (κ2) is 10.8. The van der Waals surface area contributed by atoms with E-state index in [1.165, 1.54) is 4.90 Å². The fourth-order valence-electron chi connectivity index (χ4n) is 3.16. The number of aromatic nitrogens is 3. The van der Waals surface area contributed by atoms with Crippen molar-refractivity contribution >= 4 is 29.3 Å². The van der Waals surface area contributed by atoms with Crippen molar-refractivity contribution in [1.82, 2.24) is 25.0 Å². The zero-order valence-electron chi connectivity index (χ0n) is 17.3. The molecule has 1 aromatic heterocycles. The zero-order chi connectivity index (χ0) is 20.6. The molecule has 0 unspecified atom stereocenters. The number of guanidine groups is 1. The lowest BCUT2D eigenvalue weighted by Gasteiger charge is -2.34. The Balaban J connectivity index is 1.58. The summed E-state index contributed by atoms with van der Waals surface area (Å²) in [6.45, 7) is 5.77. The molecule has 0 bridgehead atoms. The van der Waals surface area contributed by atoms with E-state index in [0.29, 0.717) is 18.4 Å². The van der Waals surface area contributed by atoms with Crippen LogP contribution in [0.5, 0.6) is 0 Å². The molecule has 1 saturated heterocycles. The van der Waals surface area contributed by atoms with Crippen molar-refractivity contribution < 1.29 is 4.74 Å². The van der Waals surface area contributed by atoms with Crippen molar-refractivity contribution in [1.29, 1.82) is 0 Å². The Labute approximate surface area is 181 Å². The van der Waals surface area contributed by atoms with Gasteiger partial charge in [-0.2, -0.15) is 0 Å². The summed E-state index contributed by atoms with van der Waals surface area (Å²) in [5, 5.41) is 13.1. The highest BCUT2D eigenvalue weighted by molar-refractivity contribution is 8.00. The van der Waals surface area contributed by atoms with Crippen LogP contribution in [0.1, 0.15) is 24.5 Å². The highest BCUT2D eigenvalue weighted by Gasteiger charge is 2.22. The van der Waals surface area contributed by atoms with Gasteiger partial charge >= 0.3 is 0 Å². The van der Waals surface area contributed by atoms with Crippen LogP contribution in [0.2, 0.25) is 5.02 Å². The number of aryl methyl sites for hydroxylation is 1. The fraction of sp³-hybridized carbons (Fsp3) is 0.550. The summed E-state index contributed by atoms with van der Waals surface area (Å²) in [7, 11) is 3.68. The van der Waals surface area contributed by atoms with Crippen LogP contribution in [0.25, 0.3) is 0 Å². The first-order chi connectivity index (χ1) is 14.1. The van der Waals surface area contributed by atoms with E-state index in [0.717, 1.165) is 55.1 Å². The number of aliphatic imine (C=N–C) groups is 1. The van der Waals surface area contributed by atoms with Crippen molar-refractivity contribution in [2.24, 2.45) is 12.0 Å². The molecule has 0 amide bonds. The summed E-state index contributed by atoms with van der Waals surface area (Å²) >= 11 is 7.93. The molecule has 2 heterocycles. The van der Waals surface area contributed by atoms with Gasteiger partial charge in [-0.15, -0.1) is 22.0 Å². The standard InChI is InChI=1S/C20H29ClN6OS/c1-15-24-25-19(26(15)2)14-23-20(22-10-13-28-3)27-11-8-18(9-12-27)29-17-6-4-16(21)5-7-17/h4-7,18H,8-14H2,1-3H3,(H,22,23). The number of rotatable bonds is 7. The molecule has 0 saturated carbocycles. The molecule has 1 fully saturated rings. The van der Waals surface area contributed by atoms with Gasteiger partial charge in [-0.25, -0.2) is 4.99 Å². The lowest BCUT2D eigenvalue weighted by atomic mass is 10.1. The summed E-state index contributed by atoms with van der Waals surface area (Å²) in [5.41, 5.74) is 0. The molecule has 0 atom stereocenters. The molecule has 0 spiro atoms. The van der Waals surface area contributed by atoms with Gasteiger partial charge in [0.25, 0.3) is 0 Å². The highest BCUT2D eigenvalue weighted by atomic mass is 35.5. The number of piperidine rings is 1. The van der Waals surface area contributed by atoms with Crippen LogP contribution in [-0.4, -0.2) is 64.2 Å². The maximum absolute atomic E-state index is 5.99. The number of nitrogens with one attached hydrogen (secondary N) is 1. The molecule has 1 N–H and O–H groups in total. The van der Waals surface area contributed by atoms with E-state index < -0.39 is 0 Å². The molecule has 1 aromatic carbocycles. The van der Waals surface area contributed by atoms with Crippen LogP contribution in [0.15, 0.2) is 34.2 Å². The minimum absolute atomic E-state index is 0.506. The predicted molar refractivity (Wildman–Crippen MR) is 119 cm³/mol. The third-order valence-electron chi connectivity index (χ3n) is 5.00. The number of ether oxygens (including phenoxy) is 1. The Hall–Kier alpha value is -1.77. The van der Waals surface area contributed by atoms with E-state index in [1.807, 2.05) is 42.4 Å². The average molecular weight is 437 g/mol. The van der Waals surface area contributed by atoms with Gasteiger partial charge in [-0.3, -0.25) is 0 Å². The van der Waals surface area contributed by atoms with E-state index in [2.05, 4.69) is 32.5 Å². The van der Waals surface area contributed by atoms with E-state index in [9.17, 15) is 0 Å². The fourth-order valence-corrected chi connectivity index (χ4v) is 4.41. The summed E-state index contributed by atoms with van der Waals surface area (Å²) in [6, 6.07) is 8.11. The van der Waals surface area contributed by atoms with Gasteiger partial charge < -0.3 is 19.5 Å². The van der Waals surface area contributed by atoms with Gasteiger partial charge in [-0.05, 0) is 44.0 Å². The van der Waals surface area contributed by atoms with Crippen LogP contribution >= 0.6 is 23.4 Å². The number of benzene rings is 1. The van der Waals surface area contributed by atoms with Crippen molar-refractivity contribution in [2.45, 2.75) is 36.5 Å². The first-order valence-corrected chi connectivity index (χ1v) is 11.1. The molecule has 1 aliphatic rings. The molecule has 1 aliphatic heterocycles. The number of hydrogen-bond acceptors (Lipinski definition) is 5. The Morgan fingerprint density at radius 2 is 2.00 bits per heavy atom. The number of likely N-dealkylation sites (tertiary alicyclic amines) is 1. The summed E-state index contributed by atoms with van der Waals surface area (Å²) < 4.78 is 7.16. The quantitative estimate of drug-likeness (QED) is 0.408. The third-order valence-corrected chi connectivity index (χ3v) is 6.60. The molecule has 0 radical (unpaired) electrons. The molecule has 0 aliphatic carbocycles. The van der Waals surface area contributed by atoms with Gasteiger partial charge in [0.1, 0.15) is 12.4 Å². The van der Waals surface area contributed by atoms with E-state index in [-0.39, 0.29) is 0 Å². The molecular formula is C20H29ClN6OS. The zero-order valence-corrected chi connectivity index (χ0v) is 18.8. The number of methoxy groups -OCH3 is 1. The van der Waals surface area contributed by atoms with Crippen molar-refractivity contribution in [2.75, 3.05) is 33.4 Å². The molecular weight excluding hydrogens is 408 g/mol. The molecule has 158 valence electrons. The van der Waals surface area contributed by atoms with Crippen molar-refractivity contribution in [3.05, 3.63) is 40.9 Å². The van der Waals surface area contributed by atoms with Crippen molar-refractivity contribution in [3.63, 3.8) is 0 Å². The SMILES string of the molecule is COCCNC(=NCc1nnc(C)n1C)N1CCC(Sc2ccc(Cl)cc2)CC1. The summed E-state index contributed by atoms with van der Waals surface area (Å²) in [4.78, 5) is 8.42. The van der Waals surface area contributed by atoms with Gasteiger partial charge in [0.05, 0.1) is 6.61 Å². The minimum atomic E-state index is 0.506. The topological polar surface area (TPSA) is 67.6 Å². The Morgan fingerprint density at radius 1 is 1.28 bits per heavy atom. The Bertz CT molecular complexity index is 802. The van der Waals surface area contributed by atoms with E-state index in [4.69, 9.17) is 21.3 Å². The maximum atomic E-state index is 5.99. The smallest absolute Gasteiger partial charge is 0.194 e. The molecule has 2 aromatic rings. The Morgan fingerprint density at radius 3 is 2.62 bits per heavy atom. The predicted octanol–water partition coefficient (Wildman–Crippen LogP) is 3.13. The number of thioether (sulfide) groups is 1. The number of nitrogens with zero attached hydrogens (tertiary/aromatic N) is 5. The van der Waals surface area contributed by atoms with Crippen LogP contribution < -0.4 is 5.32 Å². The van der Waals surface area contributed by atoms with Crippen LogP contribution in [0, 0.1) is 6.92 Å². The maximum Gasteiger partial charge on any atom is 0.194 e. The van der Waals surface area contributed by atoms with Gasteiger partial charge in [0.15, 0.2) is 11.8 Å². The molecule has 29 heavy (non-hydrogen) atoms. The first kappa shape index (κ1) is 21.9. The minimum Gasteiger partial charge on any atom is -0.383 e. The third kappa shape index (κ3) is 6.35. The lowest BCUT2D eigenvalue weighted by molar-refractivity contribution is 0.202. The summed E-state index contributed by atoms with van der Waals surface area (Å²) in [5.74, 6) is 2.67. The van der Waals surface area contributed by atoms with E-state index >= 15 is 0 Å². The van der Waals surface area contributed by atoms with Gasteiger partial charge in [0, 0.05) is 49.0 Å². The van der Waals surface area contributed by atoms with Crippen LogP contribution in [-0.2, 0) is 18.3 Å². The molecule has 3 rings (SSSR count). The van der Waals surface area contributed by atoms with Crippen LogP contribution in [0.3, 0.4) is 0 Å².